The van der Waals surface area contributed by atoms with E-state index < -0.39 is 29.1 Å². The van der Waals surface area contributed by atoms with Gasteiger partial charge in [-0.15, -0.1) is 5.10 Å². The minimum absolute atomic E-state index is 0.184. The molecule has 0 spiro atoms. The molecule has 34 heavy (non-hydrogen) atoms. The summed E-state index contributed by atoms with van der Waals surface area (Å²) in [5.74, 6) is 0.328. The van der Waals surface area contributed by atoms with Crippen LogP contribution in [0.5, 0.6) is 0 Å². The lowest BCUT2D eigenvalue weighted by atomic mass is 9.93. The second-order valence-corrected chi connectivity index (χ2v) is 8.13. The highest BCUT2D eigenvalue weighted by Gasteiger charge is 2.46. The number of amides is 1. The molecule has 0 unspecified atom stereocenters. The molecule has 8 nitrogen and oxygen atoms in total. The van der Waals surface area contributed by atoms with Gasteiger partial charge in [-0.1, -0.05) is 0 Å². The minimum atomic E-state index is -4.67. The van der Waals surface area contributed by atoms with Crippen molar-refractivity contribution in [3.63, 3.8) is 0 Å². The number of benzene rings is 1. The van der Waals surface area contributed by atoms with Crippen molar-refractivity contribution in [1.82, 2.24) is 25.1 Å². The fourth-order valence-corrected chi connectivity index (χ4v) is 3.59. The Morgan fingerprint density at radius 2 is 1.97 bits per heavy atom. The summed E-state index contributed by atoms with van der Waals surface area (Å²) < 4.78 is 41.9. The molecule has 4 rings (SSSR count). The van der Waals surface area contributed by atoms with Crippen LogP contribution in [0.4, 0.5) is 13.2 Å². The number of nitrogens with zero attached hydrogens (tertiary/aromatic N) is 6. The largest absolute Gasteiger partial charge is 0.416 e. The number of aromatic nitrogens is 4. The van der Waals surface area contributed by atoms with E-state index in [2.05, 4.69) is 26.5 Å². The Bertz CT molecular complexity index is 1340. The van der Waals surface area contributed by atoms with Gasteiger partial charge in [0.2, 0.25) is 0 Å². The fourth-order valence-electron chi connectivity index (χ4n) is 3.59. The predicted molar refractivity (Wildman–Crippen MR) is 112 cm³/mol. The van der Waals surface area contributed by atoms with Gasteiger partial charge in [-0.2, -0.15) is 28.4 Å². The van der Waals surface area contributed by atoms with Gasteiger partial charge in [0.15, 0.2) is 11.6 Å². The number of pyridine rings is 1. The first-order valence-corrected chi connectivity index (χ1v) is 10.3. The van der Waals surface area contributed by atoms with E-state index in [9.17, 15) is 23.2 Å². The lowest BCUT2D eigenvalue weighted by Crippen LogP contribution is -2.29. The van der Waals surface area contributed by atoms with Gasteiger partial charge in [0.25, 0.3) is 5.91 Å². The van der Waals surface area contributed by atoms with Crippen molar-refractivity contribution in [2.75, 3.05) is 0 Å². The molecule has 172 valence electrons. The monoisotopic (exact) mass is 465 g/mol. The molecule has 1 amide bonds. The van der Waals surface area contributed by atoms with Crippen LogP contribution in [0.15, 0.2) is 36.5 Å². The Labute approximate surface area is 192 Å². The molecule has 11 heteroatoms. The van der Waals surface area contributed by atoms with Crippen LogP contribution in [0.1, 0.15) is 64.5 Å². The van der Waals surface area contributed by atoms with E-state index in [0.717, 1.165) is 12.1 Å². The van der Waals surface area contributed by atoms with Gasteiger partial charge in [-0.3, -0.25) is 4.79 Å². The molecule has 2 aromatic heterocycles. The number of carbonyl (C=O) groups is 1. The van der Waals surface area contributed by atoms with E-state index in [1.54, 1.807) is 26.0 Å². The van der Waals surface area contributed by atoms with Crippen LogP contribution in [0.2, 0.25) is 0 Å². The maximum absolute atomic E-state index is 13.5. The van der Waals surface area contributed by atoms with Gasteiger partial charge in [0, 0.05) is 11.8 Å². The highest BCUT2D eigenvalue weighted by molar-refractivity contribution is 5.95. The fraction of sp³-hybridized carbons (Fsp3) is 0.304. The van der Waals surface area contributed by atoms with Crippen LogP contribution in [-0.4, -0.2) is 25.7 Å². The number of hydrogen-bond donors (Lipinski definition) is 1. The molecule has 1 fully saturated rings. The number of carbonyl (C=O) groups excluding carboxylic acids is 1. The maximum atomic E-state index is 13.5. The van der Waals surface area contributed by atoms with Crippen molar-refractivity contribution in [2.45, 2.75) is 44.3 Å². The Morgan fingerprint density at radius 3 is 2.53 bits per heavy atom. The molecular formula is C23H18F3N7O. The van der Waals surface area contributed by atoms with Gasteiger partial charge in [-0.05, 0) is 62.6 Å². The molecule has 0 aliphatic heterocycles. The Balaban J connectivity index is 1.65. The molecular weight excluding hydrogens is 447 g/mol. The SMILES string of the molecule is Cc1nc([C@H](C)NC(=O)c2cc(C(F)(F)F)cc(C3(C#N)CC3)c2)n(-c2ccc(C#N)cn2)n1. The van der Waals surface area contributed by atoms with Crippen LogP contribution < -0.4 is 5.32 Å². The van der Waals surface area contributed by atoms with E-state index in [1.165, 1.54) is 16.9 Å². The quantitative estimate of drug-likeness (QED) is 0.610. The lowest BCUT2D eigenvalue weighted by molar-refractivity contribution is -0.137. The van der Waals surface area contributed by atoms with E-state index in [0.29, 0.717) is 35.9 Å². The zero-order valence-corrected chi connectivity index (χ0v) is 18.2. The highest BCUT2D eigenvalue weighted by Crippen LogP contribution is 2.48. The molecule has 0 radical (unpaired) electrons. The Morgan fingerprint density at radius 1 is 1.24 bits per heavy atom. The topological polar surface area (TPSA) is 120 Å². The molecule has 1 atom stereocenters. The molecule has 3 aromatic rings. The van der Waals surface area contributed by atoms with Gasteiger partial charge in [-0.25, -0.2) is 9.97 Å². The molecule has 0 bridgehead atoms. The molecule has 2 heterocycles. The third-order valence-electron chi connectivity index (χ3n) is 5.61. The predicted octanol–water partition coefficient (Wildman–Crippen LogP) is 3.91. The van der Waals surface area contributed by atoms with Crippen LogP contribution in [0.25, 0.3) is 5.82 Å². The summed E-state index contributed by atoms with van der Waals surface area (Å²) in [5, 5.41) is 25.3. The van der Waals surface area contributed by atoms with Crippen molar-refractivity contribution in [3.8, 4) is 18.0 Å². The summed E-state index contributed by atoms with van der Waals surface area (Å²) in [6.45, 7) is 3.27. The number of nitrogens with one attached hydrogen (secondary N) is 1. The summed E-state index contributed by atoms with van der Waals surface area (Å²) >= 11 is 0. The van der Waals surface area contributed by atoms with Crippen LogP contribution in [0.3, 0.4) is 0 Å². The number of aryl methyl sites for hydroxylation is 1. The maximum Gasteiger partial charge on any atom is 0.416 e. The van der Waals surface area contributed by atoms with E-state index in [4.69, 9.17) is 5.26 Å². The van der Waals surface area contributed by atoms with Crippen molar-refractivity contribution in [1.29, 1.82) is 10.5 Å². The molecule has 0 saturated heterocycles. The molecule has 1 aliphatic carbocycles. The van der Waals surface area contributed by atoms with Crippen molar-refractivity contribution < 1.29 is 18.0 Å². The second-order valence-electron chi connectivity index (χ2n) is 8.13. The first-order valence-electron chi connectivity index (χ1n) is 10.3. The van der Waals surface area contributed by atoms with Gasteiger partial charge in [0.1, 0.15) is 11.9 Å². The van der Waals surface area contributed by atoms with E-state index in [-0.39, 0.29) is 11.1 Å². The number of halogens is 3. The van der Waals surface area contributed by atoms with Crippen LogP contribution in [0, 0.1) is 29.6 Å². The zero-order valence-electron chi connectivity index (χ0n) is 18.2. The first-order chi connectivity index (χ1) is 16.1. The average Bonchev–Trinajstić information content (AvgIpc) is 3.52. The standard InChI is InChI=1S/C23H18F3N7O/c1-13(20-31-14(2)32-33(20)19-4-3-15(10-27)11-29-19)30-21(34)16-7-17(22(12-28)5-6-22)9-18(8-16)23(24,25)26/h3-4,7-9,11,13H,5-6H2,1-2H3,(H,30,34)/t13-/m0/s1. The minimum Gasteiger partial charge on any atom is -0.342 e. The summed E-state index contributed by atoms with van der Waals surface area (Å²) in [6.07, 6.45) is -2.41. The van der Waals surface area contributed by atoms with Crippen molar-refractivity contribution >= 4 is 5.91 Å². The van der Waals surface area contributed by atoms with Gasteiger partial charge < -0.3 is 5.32 Å². The van der Waals surface area contributed by atoms with E-state index >= 15 is 0 Å². The summed E-state index contributed by atoms with van der Waals surface area (Å²) in [6, 6.07) is 9.47. The smallest absolute Gasteiger partial charge is 0.342 e. The average molecular weight is 465 g/mol. The number of nitriles is 2. The number of hydrogen-bond acceptors (Lipinski definition) is 6. The Kier molecular flexibility index (Phi) is 5.57. The van der Waals surface area contributed by atoms with E-state index in [1.807, 2.05) is 6.07 Å². The van der Waals surface area contributed by atoms with Gasteiger partial charge in [0.05, 0.1) is 28.7 Å². The second kappa shape index (κ2) is 8.27. The van der Waals surface area contributed by atoms with Crippen molar-refractivity contribution in [2.24, 2.45) is 0 Å². The molecule has 1 saturated carbocycles. The number of rotatable bonds is 5. The van der Waals surface area contributed by atoms with Gasteiger partial charge >= 0.3 is 6.18 Å². The zero-order chi connectivity index (χ0) is 24.7. The summed E-state index contributed by atoms with van der Waals surface area (Å²) in [7, 11) is 0. The third-order valence-corrected chi connectivity index (χ3v) is 5.61. The van der Waals surface area contributed by atoms with Crippen LogP contribution >= 0.6 is 0 Å². The van der Waals surface area contributed by atoms with Crippen molar-refractivity contribution in [3.05, 3.63) is 70.4 Å². The number of alkyl halides is 3. The molecule has 1 N–H and O–H groups in total. The normalized spacial score (nSPS) is 15.1. The first kappa shape index (κ1) is 22.9. The van der Waals surface area contributed by atoms with Crippen LogP contribution in [-0.2, 0) is 11.6 Å². The highest BCUT2D eigenvalue weighted by atomic mass is 19.4. The summed E-state index contributed by atoms with van der Waals surface area (Å²) in [4.78, 5) is 21.5. The lowest BCUT2D eigenvalue weighted by Gasteiger charge is -2.17. The Hall–Kier alpha value is -4.25. The molecule has 1 aromatic carbocycles. The summed E-state index contributed by atoms with van der Waals surface area (Å²) in [5.41, 5.74) is -1.62. The molecule has 1 aliphatic rings. The third kappa shape index (κ3) is 4.33.